The molecule has 31 heavy (non-hydrogen) atoms. The van der Waals surface area contributed by atoms with E-state index < -0.39 is 0 Å². The molecule has 0 amide bonds. The zero-order chi connectivity index (χ0) is 21.6. The van der Waals surface area contributed by atoms with E-state index in [0.29, 0.717) is 18.1 Å². The first-order chi connectivity index (χ1) is 15.2. The van der Waals surface area contributed by atoms with Crippen LogP contribution in [0.2, 0.25) is 0 Å². The molecule has 1 aromatic heterocycles. The molecule has 1 saturated heterocycles. The second-order valence-corrected chi connectivity index (χ2v) is 8.54. The molecule has 0 spiro atoms. The molecule has 3 aromatic rings. The topological polar surface area (TPSA) is 57.5 Å². The fourth-order valence-corrected chi connectivity index (χ4v) is 4.68. The van der Waals surface area contributed by atoms with Crippen molar-refractivity contribution in [2.75, 3.05) is 13.1 Å². The minimum atomic E-state index is 0.114. The molecule has 0 aliphatic carbocycles. The normalized spacial score (nSPS) is 16.3. The van der Waals surface area contributed by atoms with E-state index in [-0.39, 0.29) is 5.92 Å². The summed E-state index contributed by atoms with van der Waals surface area (Å²) in [6.45, 7) is 6.30. The molecule has 2 N–H and O–H groups in total. The van der Waals surface area contributed by atoms with E-state index in [4.69, 9.17) is 0 Å². The number of benzene rings is 2. The molecule has 0 saturated carbocycles. The van der Waals surface area contributed by atoms with Crippen molar-refractivity contribution in [3.05, 3.63) is 100 Å². The Morgan fingerprint density at radius 1 is 1.06 bits per heavy atom. The van der Waals surface area contributed by atoms with Crippen LogP contribution in [0.4, 0.5) is 0 Å². The molecule has 1 atom stereocenters. The van der Waals surface area contributed by atoms with E-state index in [0.717, 1.165) is 24.3 Å². The maximum atomic E-state index is 9.86. The Balaban J connectivity index is 1.67. The highest BCUT2D eigenvalue weighted by Crippen LogP contribution is 2.34. The molecule has 0 bridgehead atoms. The first-order valence-electron chi connectivity index (χ1n) is 11.2. The van der Waals surface area contributed by atoms with Gasteiger partial charge < -0.3 is 10.5 Å². The Hall–Kier alpha value is -2.98. The van der Waals surface area contributed by atoms with Crippen LogP contribution in [0, 0.1) is 13.8 Å². The zero-order valence-corrected chi connectivity index (χ0v) is 18.4. The first kappa shape index (κ1) is 21.3. The van der Waals surface area contributed by atoms with Crippen LogP contribution in [0.3, 0.4) is 0 Å². The first-order valence-corrected chi connectivity index (χ1v) is 11.2. The third kappa shape index (κ3) is 5.02. The zero-order valence-electron chi connectivity index (χ0n) is 18.4. The molecule has 1 fully saturated rings. The molecular formula is C27H31N3O. The molecule has 4 rings (SSSR count). The maximum absolute atomic E-state index is 9.86. The molecule has 4 heteroatoms. The predicted molar refractivity (Wildman–Crippen MR) is 126 cm³/mol. The SMILES string of the molecule is Cc1cc(C(CC(c2ccc(C3CCNCC3)cc2)c2ccccc2C)=NO)ccn1. The second kappa shape index (κ2) is 9.88. The van der Waals surface area contributed by atoms with Crippen molar-refractivity contribution in [2.24, 2.45) is 5.16 Å². The predicted octanol–water partition coefficient (Wildman–Crippen LogP) is 5.57. The van der Waals surface area contributed by atoms with E-state index in [2.05, 4.69) is 70.9 Å². The van der Waals surface area contributed by atoms with E-state index in [1.807, 2.05) is 19.1 Å². The molecule has 0 radical (unpaired) electrons. The highest BCUT2D eigenvalue weighted by atomic mass is 16.4. The molecule has 1 aliphatic rings. The highest BCUT2D eigenvalue weighted by Gasteiger charge is 2.21. The monoisotopic (exact) mass is 413 g/mol. The summed E-state index contributed by atoms with van der Waals surface area (Å²) < 4.78 is 0. The summed E-state index contributed by atoms with van der Waals surface area (Å²) in [5.41, 5.74) is 7.70. The fourth-order valence-electron chi connectivity index (χ4n) is 4.68. The number of nitrogens with zero attached hydrogens (tertiary/aromatic N) is 2. The van der Waals surface area contributed by atoms with Gasteiger partial charge in [0, 0.05) is 29.8 Å². The number of aryl methyl sites for hydroxylation is 2. The van der Waals surface area contributed by atoms with Gasteiger partial charge in [-0.25, -0.2) is 0 Å². The molecule has 2 aromatic carbocycles. The van der Waals surface area contributed by atoms with Gasteiger partial charge >= 0.3 is 0 Å². The van der Waals surface area contributed by atoms with Gasteiger partial charge in [-0.3, -0.25) is 4.98 Å². The Morgan fingerprint density at radius 2 is 1.81 bits per heavy atom. The van der Waals surface area contributed by atoms with Crippen molar-refractivity contribution in [2.45, 2.75) is 44.9 Å². The van der Waals surface area contributed by atoms with Gasteiger partial charge in [-0.1, -0.05) is 53.7 Å². The minimum Gasteiger partial charge on any atom is -0.411 e. The van der Waals surface area contributed by atoms with Gasteiger partial charge in [-0.15, -0.1) is 0 Å². The van der Waals surface area contributed by atoms with Gasteiger partial charge in [0.05, 0.1) is 5.71 Å². The van der Waals surface area contributed by atoms with Gasteiger partial charge in [-0.2, -0.15) is 0 Å². The molecule has 1 unspecified atom stereocenters. The number of pyridine rings is 1. The molecule has 4 nitrogen and oxygen atoms in total. The minimum absolute atomic E-state index is 0.114. The van der Waals surface area contributed by atoms with Gasteiger partial charge in [0.25, 0.3) is 0 Å². The molecule has 1 aliphatic heterocycles. The summed E-state index contributed by atoms with van der Waals surface area (Å²) in [5, 5.41) is 17.0. The van der Waals surface area contributed by atoms with Crippen molar-refractivity contribution < 1.29 is 5.21 Å². The van der Waals surface area contributed by atoms with E-state index in [1.54, 1.807) is 6.20 Å². The Kier molecular flexibility index (Phi) is 6.78. The average Bonchev–Trinajstić information content (AvgIpc) is 2.81. The van der Waals surface area contributed by atoms with Crippen LogP contribution in [0.15, 0.2) is 72.0 Å². The molecular weight excluding hydrogens is 382 g/mol. The second-order valence-electron chi connectivity index (χ2n) is 8.54. The summed E-state index contributed by atoms with van der Waals surface area (Å²) in [5.74, 6) is 0.754. The van der Waals surface area contributed by atoms with Crippen molar-refractivity contribution >= 4 is 5.71 Å². The largest absolute Gasteiger partial charge is 0.411 e. The van der Waals surface area contributed by atoms with Gasteiger partial charge in [0.15, 0.2) is 0 Å². The summed E-state index contributed by atoms with van der Waals surface area (Å²) in [6.07, 6.45) is 4.79. The maximum Gasteiger partial charge on any atom is 0.0878 e. The lowest BCUT2D eigenvalue weighted by Gasteiger charge is -2.24. The van der Waals surface area contributed by atoms with Gasteiger partial charge in [0.2, 0.25) is 0 Å². The van der Waals surface area contributed by atoms with Crippen LogP contribution in [0.25, 0.3) is 0 Å². The van der Waals surface area contributed by atoms with Crippen molar-refractivity contribution in [1.29, 1.82) is 0 Å². The molecule has 2 heterocycles. The lowest BCUT2D eigenvalue weighted by atomic mass is 9.82. The third-order valence-corrected chi connectivity index (χ3v) is 6.46. The average molecular weight is 414 g/mol. The number of hydrogen-bond donors (Lipinski definition) is 2. The van der Waals surface area contributed by atoms with E-state index >= 15 is 0 Å². The summed E-state index contributed by atoms with van der Waals surface area (Å²) in [4.78, 5) is 4.28. The van der Waals surface area contributed by atoms with Gasteiger partial charge in [-0.05, 0) is 80.1 Å². The van der Waals surface area contributed by atoms with Crippen LogP contribution < -0.4 is 5.32 Å². The number of nitrogens with one attached hydrogen (secondary N) is 1. The van der Waals surface area contributed by atoms with Crippen LogP contribution in [0.5, 0.6) is 0 Å². The lowest BCUT2D eigenvalue weighted by Crippen LogP contribution is -2.26. The van der Waals surface area contributed by atoms with Crippen molar-refractivity contribution in [1.82, 2.24) is 10.3 Å². The fraction of sp³-hybridized carbons (Fsp3) is 0.333. The lowest BCUT2D eigenvalue weighted by molar-refractivity contribution is 0.317. The Bertz CT molecular complexity index is 1040. The Labute approximate surface area is 185 Å². The van der Waals surface area contributed by atoms with Crippen LogP contribution in [-0.4, -0.2) is 29.0 Å². The van der Waals surface area contributed by atoms with Crippen molar-refractivity contribution in [3.8, 4) is 0 Å². The summed E-state index contributed by atoms with van der Waals surface area (Å²) >= 11 is 0. The number of piperidine rings is 1. The highest BCUT2D eigenvalue weighted by molar-refractivity contribution is 6.00. The Morgan fingerprint density at radius 3 is 2.48 bits per heavy atom. The number of aromatic nitrogens is 1. The van der Waals surface area contributed by atoms with Gasteiger partial charge in [0.1, 0.15) is 0 Å². The number of hydrogen-bond acceptors (Lipinski definition) is 4. The van der Waals surface area contributed by atoms with Crippen LogP contribution >= 0.6 is 0 Å². The number of rotatable bonds is 6. The summed E-state index contributed by atoms with van der Waals surface area (Å²) in [6, 6.07) is 21.5. The quantitative estimate of drug-likeness (QED) is 0.316. The van der Waals surface area contributed by atoms with E-state index in [9.17, 15) is 5.21 Å². The van der Waals surface area contributed by atoms with Crippen LogP contribution in [0.1, 0.15) is 64.6 Å². The number of oxime groups is 1. The smallest absolute Gasteiger partial charge is 0.0878 e. The standard InChI is InChI=1S/C27H31N3O/c1-19-5-3-4-6-25(19)26(18-27(30-31)24-13-16-29-20(2)17-24)23-9-7-21(8-10-23)22-11-14-28-15-12-22/h3-10,13,16-17,22,26,28,31H,11-12,14-15,18H2,1-2H3. The van der Waals surface area contributed by atoms with Crippen LogP contribution in [-0.2, 0) is 0 Å². The van der Waals surface area contributed by atoms with E-state index in [1.165, 1.54) is 35.1 Å². The third-order valence-electron chi connectivity index (χ3n) is 6.46. The summed E-state index contributed by atoms with van der Waals surface area (Å²) in [7, 11) is 0. The van der Waals surface area contributed by atoms with Crippen molar-refractivity contribution in [3.63, 3.8) is 0 Å². The molecule has 160 valence electrons.